The second-order valence-electron chi connectivity index (χ2n) is 3.66. The van der Waals surface area contributed by atoms with Crippen LogP contribution in [0.2, 0.25) is 0 Å². The summed E-state index contributed by atoms with van der Waals surface area (Å²) in [5.74, 6) is -0.813. The van der Waals surface area contributed by atoms with Crippen molar-refractivity contribution < 1.29 is 19.4 Å². The van der Waals surface area contributed by atoms with Crippen molar-refractivity contribution in [3.63, 3.8) is 0 Å². The molecule has 0 spiro atoms. The molecule has 0 radical (unpaired) electrons. The third kappa shape index (κ3) is 6.90. The molecule has 2 atom stereocenters. The summed E-state index contributed by atoms with van der Waals surface area (Å²) in [6, 6.07) is 0. The first-order valence-electron chi connectivity index (χ1n) is 4.99. The number of hydrogen-bond donors (Lipinski definition) is 2. The van der Waals surface area contributed by atoms with E-state index in [0.717, 1.165) is 0 Å². The molecule has 0 heterocycles. The second kappa shape index (κ2) is 7.23. The Morgan fingerprint density at radius 1 is 1.40 bits per heavy atom. The molecule has 5 nitrogen and oxygen atoms in total. The van der Waals surface area contributed by atoms with Crippen LogP contribution in [0.15, 0.2) is 0 Å². The average Bonchev–Trinajstić information content (AvgIpc) is 2.21. The highest BCUT2D eigenvalue weighted by molar-refractivity contribution is 5.80. The van der Waals surface area contributed by atoms with Crippen LogP contribution >= 0.6 is 0 Å². The number of ether oxygens (including phenoxy) is 1. The summed E-state index contributed by atoms with van der Waals surface area (Å²) >= 11 is 0. The Balaban J connectivity index is 3.66. The average molecular weight is 217 g/mol. The second-order valence-corrected chi connectivity index (χ2v) is 3.66. The Bertz CT molecular complexity index is 217. The molecule has 0 rings (SSSR count). The maximum Gasteiger partial charge on any atom is 0.303 e. The van der Waals surface area contributed by atoms with Crippen LogP contribution < -0.4 is 5.32 Å². The monoisotopic (exact) mass is 217 g/mol. The zero-order valence-corrected chi connectivity index (χ0v) is 9.45. The van der Waals surface area contributed by atoms with Gasteiger partial charge in [0.05, 0.1) is 0 Å². The van der Waals surface area contributed by atoms with Gasteiger partial charge >= 0.3 is 5.97 Å². The highest BCUT2D eigenvalue weighted by atomic mass is 16.5. The number of carbonyl (C=O) groups is 2. The normalized spacial score (nSPS) is 14.3. The first-order valence-corrected chi connectivity index (χ1v) is 4.99. The summed E-state index contributed by atoms with van der Waals surface area (Å²) in [6.45, 7) is 4.05. The van der Waals surface area contributed by atoms with E-state index in [9.17, 15) is 9.59 Å². The minimum absolute atomic E-state index is 0.136. The fraction of sp³-hybridized carbons (Fsp3) is 0.800. The number of methoxy groups -OCH3 is 1. The van der Waals surface area contributed by atoms with Gasteiger partial charge in [0.15, 0.2) is 0 Å². The quantitative estimate of drug-likeness (QED) is 0.656. The van der Waals surface area contributed by atoms with Gasteiger partial charge in [-0.2, -0.15) is 0 Å². The van der Waals surface area contributed by atoms with Crippen molar-refractivity contribution in [1.29, 1.82) is 0 Å². The highest BCUT2D eigenvalue weighted by Gasteiger charge is 2.12. The Kier molecular flexibility index (Phi) is 6.70. The summed E-state index contributed by atoms with van der Waals surface area (Å²) < 4.78 is 4.84. The van der Waals surface area contributed by atoms with Gasteiger partial charge in [-0.1, -0.05) is 6.92 Å². The molecule has 0 aromatic heterocycles. The first-order chi connectivity index (χ1) is 6.97. The number of aliphatic carboxylic acids is 1. The van der Waals surface area contributed by atoms with Gasteiger partial charge in [0.25, 0.3) is 0 Å². The van der Waals surface area contributed by atoms with Crippen LogP contribution in [0.25, 0.3) is 0 Å². The number of carbonyl (C=O) groups excluding carboxylic acids is 1. The number of nitrogens with one attached hydrogen (secondary N) is 1. The van der Waals surface area contributed by atoms with E-state index < -0.39 is 12.1 Å². The lowest BCUT2D eigenvalue weighted by Gasteiger charge is -2.14. The van der Waals surface area contributed by atoms with E-state index in [2.05, 4.69) is 5.32 Å². The van der Waals surface area contributed by atoms with Crippen molar-refractivity contribution in [3.8, 4) is 0 Å². The molecule has 0 aromatic rings. The molecule has 1 amide bonds. The van der Waals surface area contributed by atoms with Crippen LogP contribution in [0.3, 0.4) is 0 Å². The molecule has 5 heteroatoms. The third-order valence-electron chi connectivity index (χ3n) is 2.20. The smallest absolute Gasteiger partial charge is 0.303 e. The highest BCUT2D eigenvalue weighted by Crippen LogP contribution is 2.03. The summed E-state index contributed by atoms with van der Waals surface area (Å²) in [5, 5.41) is 11.2. The molecule has 0 aliphatic carbocycles. The predicted octanol–water partition coefficient (Wildman–Crippen LogP) is 0.638. The molecule has 0 fully saturated rings. The molecule has 2 unspecified atom stereocenters. The maximum absolute atomic E-state index is 11.3. The zero-order valence-electron chi connectivity index (χ0n) is 9.45. The van der Waals surface area contributed by atoms with Crippen molar-refractivity contribution in [2.24, 2.45) is 5.92 Å². The summed E-state index contributed by atoms with van der Waals surface area (Å²) in [6.07, 6.45) is 0.241. The van der Waals surface area contributed by atoms with Crippen LogP contribution in [-0.2, 0) is 14.3 Å². The number of rotatable bonds is 7. The molecule has 0 aliphatic rings. The molecule has 0 aromatic carbocycles. The largest absolute Gasteiger partial charge is 0.481 e. The molecule has 2 N–H and O–H groups in total. The molecule has 88 valence electrons. The SMILES string of the molecule is COC(C)C(=O)NCC(C)CCC(=O)O. The van der Waals surface area contributed by atoms with Gasteiger partial charge in [0, 0.05) is 20.1 Å². The lowest BCUT2D eigenvalue weighted by atomic mass is 10.1. The van der Waals surface area contributed by atoms with Gasteiger partial charge < -0.3 is 15.2 Å². The first kappa shape index (κ1) is 13.9. The summed E-state index contributed by atoms with van der Waals surface area (Å²) in [5.41, 5.74) is 0. The third-order valence-corrected chi connectivity index (χ3v) is 2.20. The molecule has 0 saturated heterocycles. The van der Waals surface area contributed by atoms with Crippen LogP contribution in [-0.4, -0.2) is 36.7 Å². The molecular formula is C10H19NO4. The van der Waals surface area contributed by atoms with Gasteiger partial charge in [-0.3, -0.25) is 9.59 Å². The minimum Gasteiger partial charge on any atom is -0.481 e. The Hall–Kier alpha value is -1.10. The topological polar surface area (TPSA) is 75.6 Å². The fourth-order valence-corrected chi connectivity index (χ4v) is 0.998. The summed E-state index contributed by atoms with van der Waals surface area (Å²) in [7, 11) is 1.47. The minimum atomic E-state index is -0.807. The van der Waals surface area contributed by atoms with Crippen molar-refractivity contribution in [2.75, 3.05) is 13.7 Å². The van der Waals surface area contributed by atoms with Crippen molar-refractivity contribution in [2.45, 2.75) is 32.8 Å². The molecule has 15 heavy (non-hydrogen) atoms. The zero-order chi connectivity index (χ0) is 11.8. The van der Waals surface area contributed by atoms with Crippen molar-refractivity contribution >= 4 is 11.9 Å². The van der Waals surface area contributed by atoms with E-state index in [0.29, 0.717) is 13.0 Å². The standard InChI is InChI=1S/C10H19NO4/c1-7(4-5-9(12)13)6-11-10(14)8(2)15-3/h7-8H,4-6H2,1-3H3,(H,11,14)(H,12,13). The fourth-order valence-electron chi connectivity index (χ4n) is 0.998. The molecule has 0 aliphatic heterocycles. The van der Waals surface area contributed by atoms with Crippen LogP contribution in [0.4, 0.5) is 0 Å². The Morgan fingerprint density at radius 2 is 2.00 bits per heavy atom. The lowest BCUT2D eigenvalue weighted by Crippen LogP contribution is -2.36. The Labute approximate surface area is 89.8 Å². The molecule has 0 saturated carbocycles. The van der Waals surface area contributed by atoms with Crippen LogP contribution in [0, 0.1) is 5.92 Å². The maximum atomic E-state index is 11.3. The van der Waals surface area contributed by atoms with Gasteiger partial charge in [-0.25, -0.2) is 0 Å². The van der Waals surface area contributed by atoms with Gasteiger partial charge in [0.1, 0.15) is 6.10 Å². The van der Waals surface area contributed by atoms with Gasteiger partial charge in [0.2, 0.25) is 5.91 Å². The molecule has 0 bridgehead atoms. The van der Waals surface area contributed by atoms with E-state index in [1.54, 1.807) is 6.92 Å². The number of carboxylic acids is 1. The van der Waals surface area contributed by atoms with E-state index >= 15 is 0 Å². The molecular weight excluding hydrogens is 198 g/mol. The van der Waals surface area contributed by atoms with E-state index in [4.69, 9.17) is 9.84 Å². The van der Waals surface area contributed by atoms with Crippen molar-refractivity contribution in [1.82, 2.24) is 5.32 Å². The van der Waals surface area contributed by atoms with E-state index in [-0.39, 0.29) is 18.2 Å². The predicted molar refractivity (Wildman–Crippen MR) is 55.5 cm³/mol. The van der Waals surface area contributed by atoms with Gasteiger partial charge in [-0.15, -0.1) is 0 Å². The number of hydrogen-bond acceptors (Lipinski definition) is 3. The summed E-state index contributed by atoms with van der Waals surface area (Å²) in [4.78, 5) is 21.6. The van der Waals surface area contributed by atoms with Gasteiger partial charge in [-0.05, 0) is 19.3 Å². The number of amides is 1. The van der Waals surface area contributed by atoms with E-state index in [1.807, 2.05) is 6.92 Å². The Morgan fingerprint density at radius 3 is 2.47 bits per heavy atom. The van der Waals surface area contributed by atoms with Crippen LogP contribution in [0.1, 0.15) is 26.7 Å². The van der Waals surface area contributed by atoms with Crippen molar-refractivity contribution in [3.05, 3.63) is 0 Å². The van der Waals surface area contributed by atoms with Crippen LogP contribution in [0.5, 0.6) is 0 Å². The lowest BCUT2D eigenvalue weighted by molar-refractivity contribution is -0.137. The van der Waals surface area contributed by atoms with E-state index in [1.165, 1.54) is 7.11 Å². The number of carboxylic acid groups (broad SMARTS) is 1.